The molecule has 0 atom stereocenters. The number of hydrogen-bond donors (Lipinski definition) is 1. The molecule has 1 aromatic carbocycles. The van der Waals surface area contributed by atoms with Gasteiger partial charge in [0.2, 0.25) is 5.79 Å². The summed E-state index contributed by atoms with van der Waals surface area (Å²) < 4.78 is 10.6. The molecule has 0 amide bonds. The van der Waals surface area contributed by atoms with E-state index < -0.39 is 11.8 Å². The van der Waals surface area contributed by atoms with E-state index in [9.17, 15) is 4.79 Å². The number of carboxylic acids is 1. The van der Waals surface area contributed by atoms with Gasteiger partial charge in [-0.25, -0.2) is 4.79 Å². The number of ether oxygens (including phenoxy) is 2. The molecule has 0 unspecified atom stereocenters. The smallest absolute Gasteiger partial charge is 0.337 e. The van der Waals surface area contributed by atoms with Crippen LogP contribution in [0.4, 0.5) is 5.69 Å². The molecule has 5 nitrogen and oxygen atoms in total. The summed E-state index contributed by atoms with van der Waals surface area (Å²) in [5.74, 6) is -1.60. The summed E-state index contributed by atoms with van der Waals surface area (Å²) in [4.78, 5) is 12.8. The van der Waals surface area contributed by atoms with Crippen molar-refractivity contribution in [1.29, 1.82) is 0 Å². The normalized spacial score (nSPS) is 17.4. The maximum atomic E-state index is 10.8. The maximum Gasteiger partial charge on any atom is 0.337 e. The highest BCUT2D eigenvalue weighted by molar-refractivity contribution is 6.33. The second-order valence-electron chi connectivity index (χ2n) is 4.14. The summed E-state index contributed by atoms with van der Waals surface area (Å²) >= 11 is 5.92. The van der Waals surface area contributed by atoms with E-state index in [1.165, 1.54) is 6.07 Å². The summed E-state index contributed by atoms with van der Waals surface area (Å²) in [6, 6.07) is 4.87. The average molecular weight is 272 g/mol. The number of aromatic carboxylic acids is 1. The Labute approximate surface area is 110 Å². The van der Waals surface area contributed by atoms with Crippen LogP contribution in [0.25, 0.3) is 0 Å². The van der Waals surface area contributed by atoms with E-state index in [-0.39, 0.29) is 10.6 Å². The Bertz CT molecular complexity index is 465. The SMILES string of the molecule is COC1(OC)CN(c2ccc(C(=O)O)c(Cl)c2)C1. The summed E-state index contributed by atoms with van der Waals surface area (Å²) in [5.41, 5.74) is 0.959. The molecule has 18 heavy (non-hydrogen) atoms. The molecule has 0 aromatic heterocycles. The van der Waals surface area contributed by atoms with Gasteiger partial charge in [-0.2, -0.15) is 0 Å². The molecule has 1 aromatic rings. The number of nitrogens with zero attached hydrogens (tertiary/aromatic N) is 1. The van der Waals surface area contributed by atoms with Gasteiger partial charge in [-0.05, 0) is 18.2 Å². The Kier molecular flexibility index (Phi) is 3.47. The average Bonchev–Trinajstić information content (AvgIpc) is 2.28. The summed E-state index contributed by atoms with van der Waals surface area (Å²) in [6.45, 7) is 1.17. The van der Waals surface area contributed by atoms with E-state index in [0.717, 1.165) is 5.69 Å². The van der Waals surface area contributed by atoms with Crippen molar-refractivity contribution in [2.24, 2.45) is 0 Å². The molecular formula is C12H14ClNO4. The molecule has 1 aliphatic rings. The number of rotatable bonds is 4. The first-order valence-electron chi connectivity index (χ1n) is 5.39. The van der Waals surface area contributed by atoms with Crippen molar-refractivity contribution in [3.8, 4) is 0 Å². The predicted octanol–water partition coefficient (Wildman–Crippen LogP) is 1.85. The van der Waals surface area contributed by atoms with Gasteiger partial charge in [0.25, 0.3) is 0 Å². The minimum Gasteiger partial charge on any atom is -0.478 e. The number of carboxylic acid groups (broad SMARTS) is 1. The van der Waals surface area contributed by atoms with Crippen LogP contribution >= 0.6 is 11.6 Å². The van der Waals surface area contributed by atoms with Crippen LogP contribution in [0.1, 0.15) is 10.4 Å². The zero-order chi connectivity index (χ0) is 13.3. The van der Waals surface area contributed by atoms with Crippen molar-refractivity contribution in [2.75, 3.05) is 32.2 Å². The molecule has 1 aliphatic heterocycles. The standard InChI is InChI=1S/C12H14ClNO4/c1-17-12(18-2)6-14(7-12)8-3-4-9(11(15)16)10(13)5-8/h3-5H,6-7H2,1-2H3,(H,15,16). The lowest BCUT2D eigenvalue weighted by molar-refractivity contribution is -0.219. The number of halogens is 1. The Morgan fingerprint density at radius 2 is 2.00 bits per heavy atom. The minimum atomic E-state index is -1.03. The van der Waals surface area contributed by atoms with Crippen LogP contribution < -0.4 is 4.90 Å². The van der Waals surface area contributed by atoms with Crippen LogP contribution in [0, 0.1) is 0 Å². The summed E-state index contributed by atoms with van der Waals surface area (Å²) in [6.07, 6.45) is 0. The Morgan fingerprint density at radius 1 is 1.39 bits per heavy atom. The van der Waals surface area contributed by atoms with Gasteiger partial charge >= 0.3 is 5.97 Å². The largest absolute Gasteiger partial charge is 0.478 e. The molecule has 1 heterocycles. The van der Waals surface area contributed by atoms with Gasteiger partial charge in [0.05, 0.1) is 23.7 Å². The van der Waals surface area contributed by atoms with Crippen molar-refractivity contribution >= 4 is 23.3 Å². The van der Waals surface area contributed by atoms with Gasteiger partial charge in [-0.1, -0.05) is 11.6 Å². The highest BCUT2D eigenvalue weighted by Gasteiger charge is 2.44. The molecule has 0 aliphatic carbocycles. The van der Waals surface area contributed by atoms with E-state index in [1.54, 1.807) is 26.4 Å². The van der Waals surface area contributed by atoms with Gasteiger partial charge in [0.15, 0.2) is 0 Å². The van der Waals surface area contributed by atoms with Crippen molar-refractivity contribution < 1.29 is 19.4 Å². The van der Waals surface area contributed by atoms with Gasteiger partial charge in [-0.3, -0.25) is 0 Å². The molecule has 0 saturated carbocycles. The molecule has 6 heteroatoms. The third-order valence-corrected chi connectivity index (χ3v) is 3.47. The first-order valence-corrected chi connectivity index (χ1v) is 5.77. The summed E-state index contributed by atoms with van der Waals surface area (Å²) in [7, 11) is 3.20. The van der Waals surface area contributed by atoms with Gasteiger partial charge < -0.3 is 19.5 Å². The van der Waals surface area contributed by atoms with Gasteiger partial charge in [0.1, 0.15) is 0 Å². The first kappa shape index (κ1) is 13.1. The molecule has 1 saturated heterocycles. The van der Waals surface area contributed by atoms with Crippen molar-refractivity contribution in [3.05, 3.63) is 28.8 Å². The molecule has 0 spiro atoms. The first-order chi connectivity index (χ1) is 8.51. The molecule has 1 fully saturated rings. The summed E-state index contributed by atoms with van der Waals surface area (Å²) in [5, 5.41) is 9.12. The monoisotopic (exact) mass is 271 g/mol. The molecular weight excluding hydrogens is 258 g/mol. The van der Waals surface area contributed by atoms with Crippen LogP contribution in [-0.4, -0.2) is 44.2 Å². The van der Waals surface area contributed by atoms with Crippen LogP contribution in [0.5, 0.6) is 0 Å². The van der Waals surface area contributed by atoms with E-state index in [1.807, 2.05) is 4.90 Å². The van der Waals surface area contributed by atoms with Crippen molar-refractivity contribution in [3.63, 3.8) is 0 Å². The zero-order valence-corrected chi connectivity index (χ0v) is 10.9. The molecule has 98 valence electrons. The van der Waals surface area contributed by atoms with E-state index in [4.69, 9.17) is 26.2 Å². The lowest BCUT2D eigenvalue weighted by Crippen LogP contribution is -2.64. The topological polar surface area (TPSA) is 59.0 Å². The van der Waals surface area contributed by atoms with Crippen LogP contribution in [0.3, 0.4) is 0 Å². The number of hydrogen-bond acceptors (Lipinski definition) is 4. The molecule has 2 rings (SSSR count). The van der Waals surface area contributed by atoms with E-state index in [0.29, 0.717) is 13.1 Å². The van der Waals surface area contributed by atoms with E-state index in [2.05, 4.69) is 0 Å². The lowest BCUT2D eigenvalue weighted by Gasteiger charge is -2.48. The van der Waals surface area contributed by atoms with Crippen LogP contribution in [0.2, 0.25) is 5.02 Å². The Balaban J connectivity index is 2.13. The number of benzene rings is 1. The van der Waals surface area contributed by atoms with E-state index >= 15 is 0 Å². The third-order valence-electron chi connectivity index (χ3n) is 3.16. The fourth-order valence-corrected chi connectivity index (χ4v) is 2.19. The number of methoxy groups -OCH3 is 2. The maximum absolute atomic E-state index is 10.8. The minimum absolute atomic E-state index is 0.102. The zero-order valence-electron chi connectivity index (χ0n) is 10.1. The van der Waals surface area contributed by atoms with Crippen molar-refractivity contribution in [1.82, 2.24) is 0 Å². The second kappa shape index (κ2) is 4.76. The lowest BCUT2D eigenvalue weighted by atomic mass is 10.1. The Hall–Kier alpha value is -1.30. The van der Waals surface area contributed by atoms with Crippen molar-refractivity contribution in [2.45, 2.75) is 5.79 Å². The highest BCUT2D eigenvalue weighted by atomic mass is 35.5. The third kappa shape index (κ3) is 2.16. The molecule has 0 bridgehead atoms. The fraction of sp³-hybridized carbons (Fsp3) is 0.417. The second-order valence-corrected chi connectivity index (χ2v) is 4.55. The molecule has 0 radical (unpaired) electrons. The predicted molar refractivity (Wildman–Crippen MR) is 67.4 cm³/mol. The van der Waals surface area contributed by atoms with Gasteiger partial charge in [-0.15, -0.1) is 0 Å². The van der Waals surface area contributed by atoms with Crippen LogP contribution in [-0.2, 0) is 9.47 Å². The van der Waals surface area contributed by atoms with Crippen LogP contribution in [0.15, 0.2) is 18.2 Å². The molecule has 1 N–H and O–H groups in total. The Morgan fingerprint density at radius 3 is 2.44 bits per heavy atom. The quantitative estimate of drug-likeness (QED) is 0.847. The number of carbonyl (C=O) groups is 1. The number of anilines is 1. The van der Waals surface area contributed by atoms with Gasteiger partial charge in [0, 0.05) is 19.9 Å². The highest BCUT2D eigenvalue weighted by Crippen LogP contribution is 2.32. The fourth-order valence-electron chi connectivity index (χ4n) is 1.93.